The minimum absolute atomic E-state index is 0.0287. The van der Waals surface area contributed by atoms with Crippen LogP contribution in [0, 0.1) is 0 Å². The zero-order chi connectivity index (χ0) is 22.9. The number of hydrogen-bond acceptors (Lipinski definition) is 4. The molecule has 2 aliphatic rings. The Balaban J connectivity index is 1.45. The summed E-state index contributed by atoms with van der Waals surface area (Å²) in [5.41, 5.74) is 4.39. The van der Waals surface area contributed by atoms with Crippen molar-refractivity contribution >= 4 is 27.6 Å². The van der Waals surface area contributed by atoms with Crippen LogP contribution in [0.3, 0.4) is 0 Å². The summed E-state index contributed by atoms with van der Waals surface area (Å²) in [6.45, 7) is 6.83. The van der Waals surface area contributed by atoms with Gasteiger partial charge in [-0.05, 0) is 80.1 Å². The quantitative estimate of drug-likeness (QED) is 0.503. The zero-order valence-corrected chi connectivity index (χ0v) is 20.7. The maximum absolute atomic E-state index is 12.3. The first-order valence-electron chi connectivity index (χ1n) is 11.0. The summed E-state index contributed by atoms with van der Waals surface area (Å²) in [5.74, 6) is 1.67. The monoisotopic (exact) mass is 499 g/mol. The molecule has 2 aromatic rings. The summed E-state index contributed by atoms with van der Waals surface area (Å²) >= 11 is 3.80. The molecule has 1 heterocycles. The van der Waals surface area contributed by atoms with E-state index in [1.54, 1.807) is 12.0 Å². The first-order chi connectivity index (χ1) is 15.2. The van der Waals surface area contributed by atoms with E-state index in [2.05, 4.69) is 40.2 Å². The number of benzene rings is 2. The van der Waals surface area contributed by atoms with E-state index in [4.69, 9.17) is 14.2 Å². The average molecular weight is 500 g/mol. The van der Waals surface area contributed by atoms with E-state index < -0.39 is 5.60 Å². The second-order valence-corrected chi connectivity index (χ2v) is 10.2. The van der Waals surface area contributed by atoms with Crippen LogP contribution in [0.25, 0.3) is 5.57 Å². The van der Waals surface area contributed by atoms with Gasteiger partial charge in [-0.2, -0.15) is 0 Å². The Morgan fingerprint density at radius 3 is 2.47 bits per heavy atom. The molecule has 0 N–H and O–H groups in total. The summed E-state index contributed by atoms with van der Waals surface area (Å²) in [4.78, 5) is 14.0. The molecule has 0 saturated carbocycles. The van der Waals surface area contributed by atoms with E-state index in [0.29, 0.717) is 13.1 Å². The molecule has 170 valence electrons. The Morgan fingerprint density at radius 2 is 1.78 bits per heavy atom. The Morgan fingerprint density at radius 1 is 1.06 bits per heavy atom. The van der Waals surface area contributed by atoms with Gasteiger partial charge in [0.25, 0.3) is 0 Å². The number of likely N-dealkylation sites (tertiary alicyclic amines) is 1. The number of methoxy groups -OCH3 is 1. The largest absolute Gasteiger partial charge is 0.497 e. The smallest absolute Gasteiger partial charge is 0.410 e. The van der Waals surface area contributed by atoms with Crippen molar-refractivity contribution in [1.82, 2.24) is 4.90 Å². The van der Waals surface area contributed by atoms with E-state index >= 15 is 0 Å². The lowest BCUT2D eigenvalue weighted by atomic mass is 9.87. The van der Waals surface area contributed by atoms with Gasteiger partial charge in [-0.25, -0.2) is 4.79 Å². The van der Waals surface area contributed by atoms with E-state index in [9.17, 15) is 4.79 Å². The Kier molecular flexibility index (Phi) is 6.52. The number of hydrogen-bond donors (Lipinski definition) is 0. The molecule has 1 amide bonds. The lowest BCUT2D eigenvalue weighted by Gasteiger charge is -2.24. The normalized spacial score (nSPS) is 18.4. The van der Waals surface area contributed by atoms with Crippen molar-refractivity contribution in [3.05, 3.63) is 63.6 Å². The van der Waals surface area contributed by atoms with Crippen LogP contribution in [0.4, 0.5) is 4.79 Å². The molecule has 1 saturated heterocycles. The maximum atomic E-state index is 12.3. The third-order valence-corrected chi connectivity index (χ3v) is 6.51. The summed E-state index contributed by atoms with van der Waals surface area (Å²) < 4.78 is 18.3. The fourth-order valence-corrected chi connectivity index (χ4v) is 4.81. The fraction of sp³-hybridized carbons (Fsp3) is 0.423. The van der Waals surface area contributed by atoms with Crippen molar-refractivity contribution in [2.24, 2.45) is 0 Å². The number of aryl methyl sites for hydroxylation is 1. The predicted octanol–water partition coefficient (Wildman–Crippen LogP) is 6.18. The van der Waals surface area contributed by atoms with Crippen LogP contribution < -0.4 is 9.47 Å². The lowest BCUT2D eigenvalue weighted by Crippen LogP contribution is -2.36. The van der Waals surface area contributed by atoms with Crippen molar-refractivity contribution in [2.45, 2.75) is 51.7 Å². The number of ether oxygens (including phenoxy) is 3. The lowest BCUT2D eigenvalue weighted by molar-refractivity contribution is 0.0275. The molecule has 4 rings (SSSR count). The van der Waals surface area contributed by atoms with Gasteiger partial charge in [-0.1, -0.05) is 34.1 Å². The Hall–Kier alpha value is -2.47. The molecule has 6 heteroatoms. The number of allylic oxidation sites excluding steroid dienone is 1. The maximum Gasteiger partial charge on any atom is 0.410 e. The summed E-state index contributed by atoms with van der Waals surface area (Å²) in [6, 6.07) is 14.5. The highest BCUT2D eigenvalue weighted by Crippen LogP contribution is 2.40. The fourth-order valence-electron chi connectivity index (χ4n) is 4.17. The highest BCUT2D eigenvalue weighted by Gasteiger charge is 2.31. The van der Waals surface area contributed by atoms with Crippen LogP contribution in [0.15, 0.2) is 46.9 Å². The summed E-state index contributed by atoms with van der Waals surface area (Å²) in [7, 11) is 1.70. The Bertz CT molecular complexity index is 1020. The SMILES string of the molecule is COc1ccc2c(c1)C(c1ccc(OC3CCN(C(=O)OC(C)(C)C)C3)cc1)=C(Br)CC2. The molecule has 1 fully saturated rings. The zero-order valence-electron chi connectivity index (χ0n) is 19.1. The summed E-state index contributed by atoms with van der Waals surface area (Å²) in [5, 5.41) is 0. The van der Waals surface area contributed by atoms with E-state index in [1.807, 2.05) is 39.0 Å². The van der Waals surface area contributed by atoms with Gasteiger partial charge < -0.3 is 19.1 Å². The number of halogens is 1. The van der Waals surface area contributed by atoms with Crippen LogP contribution in [0.5, 0.6) is 11.5 Å². The van der Waals surface area contributed by atoms with Gasteiger partial charge >= 0.3 is 6.09 Å². The average Bonchev–Trinajstić information content (AvgIpc) is 3.21. The van der Waals surface area contributed by atoms with E-state index in [-0.39, 0.29) is 12.2 Å². The molecule has 0 bridgehead atoms. The number of fused-ring (bicyclic) bond motifs is 1. The van der Waals surface area contributed by atoms with Crippen molar-refractivity contribution in [3.8, 4) is 11.5 Å². The van der Waals surface area contributed by atoms with Gasteiger partial charge in [0, 0.05) is 17.4 Å². The first-order valence-corrected chi connectivity index (χ1v) is 11.8. The van der Waals surface area contributed by atoms with Gasteiger partial charge in [0.05, 0.1) is 13.7 Å². The van der Waals surface area contributed by atoms with Crippen molar-refractivity contribution in [1.29, 1.82) is 0 Å². The molecule has 1 unspecified atom stereocenters. The molecular formula is C26H30BrNO4. The number of carbonyl (C=O) groups is 1. The van der Waals surface area contributed by atoms with Gasteiger partial charge in [-0.15, -0.1) is 0 Å². The minimum atomic E-state index is -0.490. The second-order valence-electron chi connectivity index (χ2n) is 9.28. The van der Waals surface area contributed by atoms with E-state index in [1.165, 1.54) is 21.2 Å². The van der Waals surface area contributed by atoms with Crippen LogP contribution in [0.2, 0.25) is 0 Å². The molecule has 5 nitrogen and oxygen atoms in total. The van der Waals surface area contributed by atoms with Crippen LogP contribution in [-0.2, 0) is 11.2 Å². The second kappa shape index (κ2) is 9.18. The Labute approximate surface area is 198 Å². The molecule has 0 aromatic heterocycles. The minimum Gasteiger partial charge on any atom is -0.497 e. The van der Waals surface area contributed by atoms with Crippen molar-refractivity contribution in [3.63, 3.8) is 0 Å². The van der Waals surface area contributed by atoms with Crippen molar-refractivity contribution in [2.75, 3.05) is 20.2 Å². The highest BCUT2D eigenvalue weighted by atomic mass is 79.9. The standard InChI is InChI=1S/C26H30BrNO4/c1-26(2,3)32-25(29)28-14-13-21(16-28)31-19-9-6-18(7-10-19)24-22-15-20(30-4)11-5-17(22)8-12-23(24)27/h5-7,9-11,15,21H,8,12-14,16H2,1-4H3. The van der Waals surface area contributed by atoms with Gasteiger partial charge in [0.15, 0.2) is 0 Å². The third kappa shape index (κ3) is 5.12. The van der Waals surface area contributed by atoms with Crippen LogP contribution in [-0.4, -0.2) is 42.9 Å². The summed E-state index contributed by atoms with van der Waals surface area (Å²) in [6.07, 6.45) is 2.49. The molecule has 2 aromatic carbocycles. The van der Waals surface area contributed by atoms with Crippen molar-refractivity contribution < 1.29 is 19.0 Å². The third-order valence-electron chi connectivity index (χ3n) is 5.71. The first kappa shape index (κ1) is 22.7. The van der Waals surface area contributed by atoms with E-state index in [0.717, 1.165) is 36.3 Å². The molecule has 1 aliphatic heterocycles. The van der Waals surface area contributed by atoms with Crippen LogP contribution in [0.1, 0.15) is 50.3 Å². The number of nitrogens with zero attached hydrogens (tertiary/aromatic N) is 1. The number of rotatable bonds is 4. The predicted molar refractivity (Wildman–Crippen MR) is 130 cm³/mol. The number of amides is 1. The van der Waals surface area contributed by atoms with Gasteiger partial charge in [0.1, 0.15) is 23.2 Å². The topological polar surface area (TPSA) is 48.0 Å². The molecule has 32 heavy (non-hydrogen) atoms. The molecule has 0 spiro atoms. The molecule has 1 atom stereocenters. The number of carbonyl (C=O) groups excluding carboxylic acids is 1. The van der Waals surface area contributed by atoms with Gasteiger partial charge in [0.2, 0.25) is 0 Å². The van der Waals surface area contributed by atoms with Crippen LogP contribution >= 0.6 is 15.9 Å². The van der Waals surface area contributed by atoms with Gasteiger partial charge in [-0.3, -0.25) is 0 Å². The molecule has 1 aliphatic carbocycles. The highest BCUT2D eigenvalue weighted by molar-refractivity contribution is 9.11. The molecular weight excluding hydrogens is 470 g/mol. The molecule has 0 radical (unpaired) electrons.